The van der Waals surface area contributed by atoms with Gasteiger partial charge in [-0.25, -0.2) is 4.79 Å². The highest BCUT2D eigenvalue weighted by Gasteiger charge is 2.31. The van der Waals surface area contributed by atoms with Gasteiger partial charge in [-0.3, -0.25) is 4.79 Å². The number of nitrogens with two attached hydrogens (primary N) is 1. The molecular weight excluding hydrogens is 430 g/mol. The topological polar surface area (TPSA) is 113 Å². The maximum Gasteiger partial charge on any atom is 0.335 e. The Bertz CT molecular complexity index is 1140. The Kier molecular flexibility index (Phi) is 6.66. The van der Waals surface area contributed by atoms with Gasteiger partial charge in [0.15, 0.2) is 5.82 Å². The van der Waals surface area contributed by atoms with Gasteiger partial charge in [0.05, 0.1) is 11.1 Å². The van der Waals surface area contributed by atoms with Crippen LogP contribution in [0.25, 0.3) is 22.0 Å². The van der Waals surface area contributed by atoms with Crippen molar-refractivity contribution in [2.24, 2.45) is 5.73 Å². The molecule has 1 aliphatic rings. The van der Waals surface area contributed by atoms with Crippen molar-refractivity contribution in [2.45, 2.75) is 19.4 Å². The minimum atomic E-state index is -0.964. The van der Waals surface area contributed by atoms with Crippen LogP contribution in [0.3, 0.4) is 0 Å². The molecule has 0 aliphatic carbocycles. The molecule has 0 radical (unpaired) electrons. The molecule has 32 heavy (non-hydrogen) atoms. The molecule has 0 bridgehead atoms. The van der Waals surface area contributed by atoms with Crippen molar-refractivity contribution >= 4 is 40.9 Å². The number of hydrogen-bond donors (Lipinski definition) is 2. The van der Waals surface area contributed by atoms with E-state index in [0.29, 0.717) is 31.9 Å². The monoisotopic (exact) mass is 455 g/mol. The van der Waals surface area contributed by atoms with E-state index < -0.39 is 11.5 Å². The smallest absolute Gasteiger partial charge is 0.335 e. The normalized spacial score (nSPS) is 14.2. The van der Waals surface area contributed by atoms with Crippen LogP contribution in [-0.2, 0) is 4.79 Å². The summed E-state index contributed by atoms with van der Waals surface area (Å²) in [5, 5.41) is 20.0. The Hall–Kier alpha value is -3.23. The number of halogens is 1. The summed E-state index contributed by atoms with van der Waals surface area (Å²) in [5.41, 5.74) is 6.82. The highest BCUT2D eigenvalue weighted by atomic mass is 35.5. The van der Waals surface area contributed by atoms with Crippen LogP contribution >= 0.6 is 12.4 Å². The molecule has 4 rings (SSSR count). The summed E-state index contributed by atoms with van der Waals surface area (Å²) < 4.78 is 0. The third-order valence-corrected chi connectivity index (χ3v) is 5.49. The molecule has 2 aromatic carbocycles. The van der Waals surface area contributed by atoms with E-state index in [1.165, 1.54) is 0 Å². The van der Waals surface area contributed by atoms with Crippen molar-refractivity contribution in [3.05, 3.63) is 54.1 Å². The molecule has 8 nitrogen and oxygen atoms in total. The second-order valence-electron chi connectivity index (χ2n) is 8.30. The third kappa shape index (κ3) is 4.51. The maximum absolute atomic E-state index is 12.5. The summed E-state index contributed by atoms with van der Waals surface area (Å²) >= 11 is 0. The van der Waals surface area contributed by atoms with Crippen LogP contribution in [0.4, 0.5) is 5.82 Å². The molecule has 1 saturated heterocycles. The summed E-state index contributed by atoms with van der Waals surface area (Å²) in [6.45, 7) is 5.90. The van der Waals surface area contributed by atoms with Crippen molar-refractivity contribution in [1.82, 2.24) is 15.1 Å². The van der Waals surface area contributed by atoms with E-state index in [2.05, 4.69) is 15.1 Å². The molecule has 0 atom stereocenters. The Morgan fingerprint density at radius 3 is 2.09 bits per heavy atom. The van der Waals surface area contributed by atoms with Crippen molar-refractivity contribution in [1.29, 1.82) is 0 Å². The summed E-state index contributed by atoms with van der Waals surface area (Å²) in [7, 11) is 0. The van der Waals surface area contributed by atoms with E-state index >= 15 is 0 Å². The molecule has 0 unspecified atom stereocenters. The second kappa shape index (κ2) is 9.10. The number of fused-ring (bicyclic) bond motifs is 1. The highest BCUT2D eigenvalue weighted by Crippen LogP contribution is 2.32. The van der Waals surface area contributed by atoms with E-state index in [-0.39, 0.29) is 23.9 Å². The van der Waals surface area contributed by atoms with Gasteiger partial charge in [-0.15, -0.1) is 22.6 Å². The predicted molar refractivity (Wildman–Crippen MR) is 126 cm³/mol. The zero-order valence-corrected chi connectivity index (χ0v) is 18.8. The summed E-state index contributed by atoms with van der Waals surface area (Å²) in [6.07, 6.45) is 0. The largest absolute Gasteiger partial charge is 0.478 e. The Morgan fingerprint density at radius 1 is 0.938 bits per heavy atom. The van der Waals surface area contributed by atoms with E-state index in [1.807, 2.05) is 24.3 Å². The zero-order chi connectivity index (χ0) is 22.2. The average molecular weight is 456 g/mol. The Labute approximate surface area is 192 Å². The van der Waals surface area contributed by atoms with Crippen LogP contribution in [0.2, 0.25) is 0 Å². The van der Waals surface area contributed by atoms with E-state index in [9.17, 15) is 9.59 Å². The number of carbonyl (C=O) groups excluding carboxylic acids is 1. The minimum absolute atomic E-state index is 0. The number of nitrogens with zero attached hydrogens (tertiary/aromatic N) is 4. The van der Waals surface area contributed by atoms with Crippen LogP contribution in [0.15, 0.2) is 48.5 Å². The van der Waals surface area contributed by atoms with Crippen LogP contribution in [0, 0.1) is 0 Å². The van der Waals surface area contributed by atoms with Gasteiger partial charge in [0.2, 0.25) is 5.91 Å². The first-order valence-corrected chi connectivity index (χ1v) is 10.2. The number of piperazine rings is 1. The van der Waals surface area contributed by atoms with Crippen LogP contribution in [-0.4, -0.2) is 63.8 Å². The number of amides is 1. The molecule has 1 aliphatic heterocycles. The van der Waals surface area contributed by atoms with Gasteiger partial charge in [-0.2, -0.15) is 0 Å². The lowest BCUT2D eigenvalue weighted by Gasteiger charge is -2.38. The molecule has 168 valence electrons. The van der Waals surface area contributed by atoms with Gasteiger partial charge in [0.25, 0.3) is 0 Å². The number of benzene rings is 2. The summed E-state index contributed by atoms with van der Waals surface area (Å²) in [6, 6.07) is 14.5. The van der Waals surface area contributed by atoms with Crippen LogP contribution in [0.1, 0.15) is 24.2 Å². The molecule has 1 amide bonds. The van der Waals surface area contributed by atoms with Crippen molar-refractivity contribution in [3.63, 3.8) is 0 Å². The van der Waals surface area contributed by atoms with Crippen molar-refractivity contribution in [3.8, 4) is 11.3 Å². The average Bonchev–Trinajstić information content (AvgIpc) is 2.77. The molecule has 1 aromatic heterocycles. The number of carboxylic acids is 1. The molecule has 3 aromatic rings. The first-order chi connectivity index (χ1) is 14.8. The van der Waals surface area contributed by atoms with Gasteiger partial charge < -0.3 is 20.6 Å². The lowest BCUT2D eigenvalue weighted by molar-refractivity contribution is -0.136. The standard InChI is InChI=1S/C23H25N5O3.ClH/c1-23(2,24)22(31)28-13-11-27(12-14-28)20-18-6-4-3-5-17(18)19(25-26-20)15-7-9-16(10-8-15)21(29)30;/h3-10H,11-14,24H2,1-2H3,(H,29,30);1H. The molecule has 0 spiro atoms. The number of aromatic carboxylic acids is 1. The van der Waals surface area contributed by atoms with Gasteiger partial charge in [-0.1, -0.05) is 36.4 Å². The second-order valence-corrected chi connectivity index (χ2v) is 8.30. The summed E-state index contributed by atoms with van der Waals surface area (Å²) in [4.78, 5) is 27.5. The molecule has 1 fully saturated rings. The van der Waals surface area contributed by atoms with Crippen molar-refractivity contribution in [2.75, 3.05) is 31.1 Å². The van der Waals surface area contributed by atoms with E-state index in [1.54, 1.807) is 43.0 Å². The fourth-order valence-electron chi connectivity index (χ4n) is 3.84. The molecule has 2 heterocycles. The molecular formula is C23H26ClN5O3. The number of carbonyl (C=O) groups is 2. The highest BCUT2D eigenvalue weighted by molar-refractivity contribution is 6.00. The maximum atomic E-state index is 12.5. The number of aromatic nitrogens is 2. The van der Waals surface area contributed by atoms with Gasteiger partial charge in [0.1, 0.15) is 5.69 Å². The predicted octanol–water partition coefficient (Wildman–Crippen LogP) is 2.80. The van der Waals surface area contributed by atoms with Crippen molar-refractivity contribution < 1.29 is 14.7 Å². The molecule has 9 heteroatoms. The van der Waals surface area contributed by atoms with Crippen LogP contribution in [0.5, 0.6) is 0 Å². The lowest BCUT2D eigenvalue weighted by Crippen LogP contribution is -2.57. The number of carboxylic acid groups (broad SMARTS) is 1. The molecule has 3 N–H and O–H groups in total. The Balaban J connectivity index is 0.00000289. The molecule has 0 saturated carbocycles. The lowest BCUT2D eigenvalue weighted by atomic mass is 10.0. The third-order valence-electron chi connectivity index (χ3n) is 5.49. The van der Waals surface area contributed by atoms with Gasteiger partial charge >= 0.3 is 5.97 Å². The first kappa shape index (κ1) is 23.4. The fourth-order valence-corrected chi connectivity index (χ4v) is 3.84. The summed E-state index contributed by atoms with van der Waals surface area (Å²) in [5.74, 6) is -0.239. The van der Waals surface area contributed by atoms with E-state index in [4.69, 9.17) is 10.8 Å². The van der Waals surface area contributed by atoms with Gasteiger partial charge in [0, 0.05) is 42.5 Å². The quantitative estimate of drug-likeness (QED) is 0.621. The zero-order valence-electron chi connectivity index (χ0n) is 18.0. The number of rotatable bonds is 4. The SMILES string of the molecule is CC(C)(N)C(=O)N1CCN(c2nnc(-c3ccc(C(=O)O)cc3)c3ccccc23)CC1.Cl. The number of hydrogen-bond acceptors (Lipinski definition) is 6. The fraction of sp³-hybridized carbons (Fsp3) is 0.304. The Morgan fingerprint density at radius 2 is 1.53 bits per heavy atom. The first-order valence-electron chi connectivity index (χ1n) is 10.2. The van der Waals surface area contributed by atoms with Gasteiger partial charge in [-0.05, 0) is 26.0 Å². The number of anilines is 1. The van der Waals surface area contributed by atoms with Crippen LogP contribution < -0.4 is 10.6 Å². The van der Waals surface area contributed by atoms with E-state index in [0.717, 1.165) is 22.2 Å². The minimum Gasteiger partial charge on any atom is -0.478 e.